The highest BCUT2D eigenvalue weighted by atomic mass is 79.9. The number of benzene rings is 1. The fourth-order valence-corrected chi connectivity index (χ4v) is 3.33. The van der Waals surface area contributed by atoms with Gasteiger partial charge in [-0.05, 0) is 57.5 Å². The lowest BCUT2D eigenvalue weighted by Gasteiger charge is -2.34. The molecule has 1 aliphatic rings. The van der Waals surface area contributed by atoms with Gasteiger partial charge in [0.05, 0.1) is 5.56 Å². The van der Waals surface area contributed by atoms with Crippen molar-refractivity contribution in [2.45, 2.75) is 32.0 Å². The Labute approximate surface area is 131 Å². The first-order valence-electron chi connectivity index (χ1n) is 7.08. The van der Waals surface area contributed by atoms with Crippen LogP contribution in [-0.2, 0) is 6.18 Å². The Hall–Kier alpha value is -0.750. The molecular formula is C15H20BrF3N2. The summed E-state index contributed by atoms with van der Waals surface area (Å²) in [6, 6.07) is 4.11. The molecule has 1 saturated heterocycles. The second-order valence-corrected chi connectivity index (χ2v) is 6.74. The molecule has 0 saturated carbocycles. The predicted molar refractivity (Wildman–Crippen MR) is 82.4 cm³/mol. The number of anilines is 1. The maximum atomic E-state index is 12.8. The van der Waals surface area contributed by atoms with Crippen LogP contribution in [0.2, 0.25) is 0 Å². The van der Waals surface area contributed by atoms with Crippen LogP contribution < -0.4 is 5.32 Å². The predicted octanol–water partition coefficient (Wildman–Crippen LogP) is 4.61. The monoisotopic (exact) mass is 364 g/mol. The van der Waals surface area contributed by atoms with Crippen molar-refractivity contribution in [1.29, 1.82) is 0 Å². The third-order valence-electron chi connectivity index (χ3n) is 3.99. The molecule has 1 aromatic carbocycles. The van der Waals surface area contributed by atoms with Gasteiger partial charge >= 0.3 is 6.18 Å². The molecule has 1 N–H and O–H groups in total. The molecule has 6 heteroatoms. The smallest absolute Gasteiger partial charge is 0.382 e. The lowest BCUT2D eigenvalue weighted by Crippen LogP contribution is -2.39. The first-order valence-corrected chi connectivity index (χ1v) is 7.88. The number of halogens is 4. The van der Waals surface area contributed by atoms with Gasteiger partial charge in [0, 0.05) is 22.7 Å². The van der Waals surface area contributed by atoms with Gasteiger partial charge in [0.15, 0.2) is 0 Å². The minimum Gasteiger partial charge on any atom is -0.382 e. The molecule has 0 bridgehead atoms. The van der Waals surface area contributed by atoms with E-state index >= 15 is 0 Å². The number of rotatable bonds is 3. The summed E-state index contributed by atoms with van der Waals surface area (Å²) in [5.74, 6) is 0.456. The Balaban J connectivity index is 2.10. The van der Waals surface area contributed by atoms with Crippen molar-refractivity contribution in [2.24, 2.45) is 5.92 Å². The van der Waals surface area contributed by atoms with Gasteiger partial charge in [-0.3, -0.25) is 0 Å². The van der Waals surface area contributed by atoms with E-state index < -0.39 is 11.7 Å². The molecule has 1 fully saturated rings. The number of alkyl halides is 3. The summed E-state index contributed by atoms with van der Waals surface area (Å²) in [5, 5.41) is 3.23. The van der Waals surface area contributed by atoms with Crippen LogP contribution in [0.1, 0.15) is 25.3 Å². The van der Waals surface area contributed by atoms with E-state index in [9.17, 15) is 13.2 Å². The molecule has 0 aromatic heterocycles. The fraction of sp³-hybridized carbons (Fsp3) is 0.600. The summed E-state index contributed by atoms with van der Waals surface area (Å²) in [7, 11) is 2.08. The lowest BCUT2D eigenvalue weighted by atomic mass is 9.91. The second kappa shape index (κ2) is 6.57. The molecule has 0 spiro atoms. The van der Waals surface area contributed by atoms with Crippen LogP contribution in [0.15, 0.2) is 22.7 Å². The Morgan fingerprint density at radius 3 is 2.67 bits per heavy atom. The highest BCUT2D eigenvalue weighted by Crippen LogP contribution is 2.34. The van der Waals surface area contributed by atoms with Crippen LogP contribution in [0.4, 0.5) is 18.9 Å². The van der Waals surface area contributed by atoms with Gasteiger partial charge in [-0.25, -0.2) is 0 Å². The standard InChI is InChI=1S/C15H20BrF3N2/c1-10(11-4-3-5-21(2)9-11)20-14-7-12(15(17,18)19)6-13(16)8-14/h6-8,10-11,20H,3-5,9H2,1-2H3. The van der Waals surface area contributed by atoms with E-state index in [1.165, 1.54) is 6.07 Å². The lowest BCUT2D eigenvalue weighted by molar-refractivity contribution is -0.137. The largest absolute Gasteiger partial charge is 0.416 e. The summed E-state index contributed by atoms with van der Waals surface area (Å²) in [4.78, 5) is 2.27. The normalized spacial score (nSPS) is 22.1. The summed E-state index contributed by atoms with van der Waals surface area (Å²) in [6.07, 6.45) is -2.08. The third kappa shape index (κ3) is 4.61. The number of nitrogens with zero attached hydrogens (tertiary/aromatic N) is 1. The van der Waals surface area contributed by atoms with Crippen molar-refractivity contribution in [3.63, 3.8) is 0 Å². The van der Waals surface area contributed by atoms with Crippen molar-refractivity contribution < 1.29 is 13.2 Å². The van der Waals surface area contributed by atoms with Crippen molar-refractivity contribution in [3.8, 4) is 0 Å². The van der Waals surface area contributed by atoms with Gasteiger partial charge in [0.25, 0.3) is 0 Å². The van der Waals surface area contributed by atoms with Gasteiger partial charge in [0.1, 0.15) is 0 Å². The number of nitrogens with one attached hydrogen (secondary N) is 1. The molecule has 2 atom stereocenters. The van der Waals surface area contributed by atoms with E-state index in [-0.39, 0.29) is 6.04 Å². The average Bonchev–Trinajstić information content (AvgIpc) is 2.37. The van der Waals surface area contributed by atoms with Gasteiger partial charge in [-0.1, -0.05) is 15.9 Å². The third-order valence-corrected chi connectivity index (χ3v) is 4.45. The molecule has 2 nitrogen and oxygen atoms in total. The van der Waals surface area contributed by atoms with Crippen LogP contribution in [0, 0.1) is 5.92 Å². The molecule has 0 radical (unpaired) electrons. The highest BCUT2D eigenvalue weighted by molar-refractivity contribution is 9.10. The molecule has 1 aliphatic heterocycles. The zero-order valence-electron chi connectivity index (χ0n) is 12.2. The van der Waals surface area contributed by atoms with Gasteiger partial charge < -0.3 is 10.2 Å². The first kappa shape index (κ1) is 16.6. The van der Waals surface area contributed by atoms with Crippen molar-refractivity contribution in [2.75, 3.05) is 25.5 Å². The van der Waals surface area contributed by atoms with E-state index in [1.807, 2.05) is 6.92 Å². The molecule has 2 unspecified atom stereocenters. The van der Waals surface area contributed by atoms with Gasteiger partial charge in [-0.15, -0.1) is 0 Å². The van der Waals surface area contributed by atoms with Crippen LogP contribution in [0.3, 0.4) is 0 Å². The van der Waals surface area contributed by atoms with E-state index in [0.29, 0.717) is 16.1 Å². The Kier molecular flexibility index (Phi) is 5.20. The minimum atomic E-state index is -4.32. The second-order valence-electron chi connectivity index (χ2n) is 5.82. The molecular weight excluding hydrogens is 345 g/mol. The molecule has 21 heavy (non-hydrogen) atoms. The molecule has 1 aromatic rings. The van der Waals surface area contributed by atoms with Crippen molar-refractivity contribution in [1.82, 2.24) is 4.90 Å². The number of hydrogen-bond donors (Lipinski definition) is 1. The summed E-state index contributed by atoms with van der Waals surface area (Å²) >= 11 is 3.15. The summed E-state index contributed by atoms with van der Waals surface area (Å²) in [5.41, 5.74) is -0.121. The van der Waals surface area contributed by atoms with Crippen LogP contribution in [0.5, 0.6) is 0 Å². The molecule has 0 amide bonds. The van der Waals surface area contributed by atoms with Gasteiger partial charge in [0.2, 0.25) is 0 Å². The number of hydrogen-bond acceptors (Lipinski definition) is 2. The number of piperidine rings is 1. The minimum absolute atomic E-state index is 0.142. The summed E-state index contributed by atoms with van der Waals surface area (Å²) < 4.78 is 38.9. The van der Waals surface area contributed by atoms with Crippen molar-refractivity contribution >= 4 is 21.6 Å². The van der Waals surface area contributed by atoms with Gasteiger partial charge in [-0.2, -0.15) is 13.2 Å². The maximum absolute atomic E-state index is 12.8. The van der Waals surface area contributed by atoms with E-state index in [2.05, 4.69) is 33.2 Å². The van der Waals surface area contributed by atoms with Crippen LogP contribution >= 0.6 is 15.9 Å². The Morgan fingerprint density at radius 2 is 2.05 bits per heavy atom. The zero-order valence-corrected chi connectivity index (χ0v) is 13.8. The zero-order chi connectivity index (χ0) is 15.6. The van der Waals surface area contributed by atoms with Crippen LogP contribution in [-0.4, -0.2) is 31.1 Å². The molecule has 118 valence electrons. The molecule has 2 rings (SSSR count). The van der Waals surface area contributed by atoms with E-state index in [4.69, 9.17) is 0 Å². The first-order chi connectivity index (χ1) is 9.75. The fourth-order valence-electron chi connectivity index (χ4n) is 2.83. The Morgan fingerprint density at radius 1 is 1.33 bits per heavy atom. The molecule has 0 aliphatic carbocycles. The Bertz CT molecular complexity index is 490. The number of likely N-dealkylation sites (tertiary alicyclic amines) is 1. The van der Waals surface area contributed by atoms with Crippen LogP contribution in [0.25, 0.3) is 0 Å². The molecule has 1 heterocycles. The highest BCUT2D eigenvalue weighted by Gasteiger charge is 2.31. The summed E-state index contributed by atoms with van der Waals surface area (Å²) in [6.45, 7) is 4.12. The topological polar surface area (TPSA) is 15.3 Å². The van der Waals surface area contributed by atoms with E-state index in [1.54, 1.807) is 6.07 Å². The van der Waals surface area contributed by atoms with Crippen molar-refractivity contribution in [3.05, 3.63) is 28.2 Å². The SMILES string of the molecule is CC(Nc1cc(Br)cc(C(F)(F)F)c1)C1CCCN(C)C1. The quantitative estimate of drug-likeness (QED) is 0.842. The maximum Gasteiger partial charge on any atom is 0.416 e. The average molecular weight is 365 g/mol. The van der Waals surface area contributed by atoms with E-state index in [0.717, 1.165) is 32.0 Å².